The number of nitrogen functional groups attached to an aromatic ring is 1. The summed E-state index contributed by atoms with van der Waals surface area (Å²) in [7, 11) is 1.26. The van der Waals surface area contributed by atoms with Crippen molar-refractivity contribution < 1.29 is 9.53 Å². The van der Waals surface area contributed by atoms with Gasteiger partial charge in [0, 0.05) is 12.3 Å². The van der Waals surface area contributed by atoms with E-state index in [9.17, 15) is 9.59 Å². The third-order valence-corrected chi connectivity index (χ3v) is 1.97. The monoisotopic (exact) mass is 208 g/mol. The molecule has 0 amide bonds. The fourth-order valence-electron chi connectivity index (χ4n) is 1.31. The number of anilines is 1. The van der Waals surface area contributed by atoms with Crippen LogP contribution in [0.3, 0.4) is 0 Å². The average Bonchev–Trinajstić information content (AvgIpc) is 2.60. The van der Waals surface area contributed by atoms with Crippen LogP contribution in [0.4, 0.5) is 5.95 Å². The van der Waals surface area contributed by atoms with Crippen LogP contribution in [-0.2, 0) is 4.74 Å². The maximum absolute atomic E-state index is 11.3. The number of rotatable bonds is 1. The molecule has 3 N–H and O–H groups in total. The van der Waals surface area contributed by atoms with Crippen molar-refractivity contribution in [3.63, 3.8) is 0 Å². The molecule has 0 saturated heterocycles. The van der Waals surface area contributed by atoms with Gasteiger partial charge in [-0.15, -0.1) is 0 Å². The molecular weight excluding hydrogens is 200 g/mol. The molecule has 0 atom stereocenters. The van der Waals surface area contributed by atoms with E-state index < -0.39 is 11.5 Å². The maximum atomic E-state index is 11.3. The van der Waals surface area contributed by atoms with Crippen LogP contribution >= 0.6 is 0 Å². The van der Waals surface area contributed by atoms with Gasteiger partial charge in [0.1, 0.15) is 5.56 Å². The van der Waals surface area contributed by atoms with Gasteiger partial charge in [0.05, 0.1) is 12.6 Å². The number of hydrogen-bond acceptors (Lipinski definition) is 5. The quantitative estimate of drug-likeness (QED) is 0.608. The topological polar surface area (TPSA) is 102 Å². The number of fused-ring (bicyclic) bond motifs is 1. The zero-order chi connectivity index (χ0) is 11.0. The second kappa shape index (κ2) is 3.12. The number of H-pyrrole nitrogens is 1. The lowest BCUT2D eigenvalue weighted by molar-refractivity contribution is 0.0603. The number of nitrogens with two attached hydrogens (primary N) is 1. The number of esters is 1. The van der Waals surface area contributed by atoms with E-state index in [-0.39, 0.29) is 11.5 Å². The highest BCUT2D eigenvalue weighted by atomic mass is 16.5. The minimum absolute atomic E-state index is 0.00680. The Morgan fingerprint density at radius 1 is 1.67 bits per heavy atom. The highest BCUT2D eigenvalue weighted by Gasteiger charge is 2.14. The number of nitrogens with zero attached hydrogens (tertiary/aromatic N) is 2. The molecule has 0 aliphatic heterocycles. The number of ether oxygens (including phenoxy) is 1. The summed E-state index contributed by atoms with van der Waals surface area (Å²) in [6.07, 6.45) is 1.40. The second-order valence-corrected chi connectivity index (χ2v) is 2.85. The van der Waals surface area contributed by atoms with E-state index in [0.29, 0.717) is 5.52 Å². The number of carbonyl (C=O) groups excluding carboxylic acids is 1. The number of methoxy groups -OCH3 is 1. The molecule has 2 rings (SSSR count). The molecule has 2 aromatic heterocycles. The van der Waals surface area contributed by atoms with Gasteiger partial charge in [-0.25, -0.2) is 9.31 Å². The highest BCUT2D eigenvalue weighted by molar-refractivity contribution is 5.96. The summed E-state index contributed by atoms with van der Waals surface area (Å²) in [6, 6.07) is 1.21. The number of hydrogen-bond donors (Lipinski definition) is 2. The van der Waals surface area contributed by atoms with Crippen molar-refractivity contribution in [2.75, 3.05) is 12.8 Å². The average molecular weight is 208 g/mol. The number of nitrogens with one attached hydrogen (secondary N) is 1. The van der Waals surface area contributed by atoms with Crippen LogP contribution in [0.5, 0.6) is 0 Å². The Hall–Kier alpha value is -2.31. The summed E-state index contributed by atoms with van der Waals surface area (Å²) in [5.74, 6) is -0.550. The minimum Gasteiger partial charge on any atom is -0.465 e. The van der Waals surface area contributed by atoms with Gasteiger partial charge in [-0.2, -0.15) is 4.98 Å². The van der Waals surface area contributed by atoms with E-state index in [0.717, 1.165) is 0 Å². The first-order valence-electron chi connectivity index (χ1n) is 4.08. The smallest absolute Gasteiger partial charge is 0.341 e. The van der Waals surface area contributed by atoms with Crippen LogP contribution in [0.1, 0.15) is 10.4 Å². The third-order valence-electron chi connectivity index (χ3n) is 1.97. The SMILES string of the molecule is COC(=O)c1c[nH]n2c(N)nc(=O)cc12. The number of aromatic amines is 1. The summed E-state index contributed by atoms with van der Waals surface area (Å²) >= 11 is 0. The normalized spacial score (nSPS) is 10.5. The van der Waals surface area contributed by atoms with Crippen molar-refractivity contribution in [1.82, 2.24) is 14.6 Å². The molecule has 0 bridgehead atoms. The number of carbonyl (C=O) groups is 1. The van der Waals surface area contributed by atoms with Gasteiger partial charge < -0.3 is 10.5 Å². The summed E-state index contributed by atoms with van der Waals surface area (Å²) in [5, 5.41) is 2.69. The molecule has 0 aliphatic rings. The second-order valence-electron chi connectivity index (χ2n) is 2.85. The van der Waals surface area contributed by atoms with E-state index in [1.165, 1.54) is 23.9 Å². The Morgan fingerprint density at radius 3 is 3.07 bits per heavy atom. The summed E-state index contributed by atoms with van der Waals surface area (Å²) in [6.45, 7) is 0. The Balaban J connectivity index is 2.80. The predicted octanol–water partition coefficient (Wildman–Crippen LogP) is -0.609. The molecule has 15 heavy (non-hydrogen) atoms. The molecule has 7 heteroatoms. The third kappa shape index (κ3) is 1.33. The Morgan fingerprint density at radius 2 is 2.40 bits per heavy atom. The first-order valence-corrected chi connectivity index (χ1v) is 4.08. The van der Waals surface area contributed by atoms with Crippen molar-refractivity contribution >= 4 is 17.4 Å². The van der Waals surface area contributed by atoms with Crippen LogP contribution in [0.25, 0.3) is 5.52 Å². The van der Waals surface area contributed by atoms with E-state index >= 15 is 0 Å². The van der Waals surface area contributed by atoms with Crippen LogP contribution in [0.15, 0.2) is 17.1 Å². The maximum Gasteiger partial charge on any atom is 0.341 e. The van der Waals surface area contributed by atoms with Gasteiger partial charge >= 0.3 is 5.97 Å². The molecular formula is C8H8N4O3. The van der Waals surface area contributed by atoms with E-state index in [2.05, 4.69) is 14.8 Å². The molecule has 0 aliphatic carbocycles. The zero-order valence-corrected chi connectivity index (χ0v) is 7.85. The molecule has 78 valence electrons. The molecule has 0 aromatic carbocycles. The van der Waals surface area contributed by atoms with E-state index in [1.807, 2.05) is 0 Å². The van der Waals surface area contributed by atoms with Crippen LogP contribution in [0, 0.1) is 0 Å². The van der Waals surface area contributed by atoms with Gasteiger partial charge in [0.15, 0.2) is 0 Å². The van der Waals surface area contributed by atoms with Crippen LogP contribution < -0.4 is 11.3 Å². The van der Waals surface area contributed by atoms with Crippen molar-refractivity contribution in [3.8, 4) is 0 Å². The largest absolute Gasteiger partial charge is 0.465 e. The predicted molar refractivity (Wildman–Crippen MR) is 51.6 cm³/mol. The fraction of sp³-hybridized carbons (Fsp3) is 0.125. The summed E-state index contributed by atoms with van der Waals surface area (Å²) < 4.78 is 5.87. The lowest BCUT2D eigenvalue weighted by Gasteiger charge is -1.98. The molecule has 0 radical (unpaired) electrons. The molecule has 0 spiro atoms. The van der Waals surface area contributed by atoms with Crippen LogP contribution in [-0.4, -0.2) is 27.7 Å². The zero-order valence-electron chi connectivity index (χ0n) is 7.85. The van der Waals surface area contributed by atoms with Gasteiger partial charge in [0.2, 0.25) is 5.95 Å². The van der Waals surface area contributed by atoms with E-state index in [1.54, 1.807) is 0 Å². The molecule has 0 saturated carbocycles. The minimum atomic E-state index is -0.543. The van der Waals surface area contributed by atoms with Crippen molar-refractivity contribution in [2.45, 2.75) is 0 Å². The fourth-order valence-corrected chi connectivity index (χ4v) is 1.31. The van der Waals surface area contributed by atoms with Crippen molar-refractivity contribution in [2.24, 2.45) is 0 Å². The molecule has 2 heterocycles. The van der Waals surface area contributed by atoms with Crippen molar-refractivity contribution in [1.29, 1.82) is 0 Å². The Kier molecular flexibility index (Phi) is 1.93. The van der Waals surface area contributed by atoms with Crippen LogP contribution in [0.2, 0.25) is 0 Å². The Bertz CT molecular complexity index is 583. The van der Waals surface area contributed by atoms with Gasteiger partial charge in [0.25, 0.3) is 5.56 Å². The first kappa shape index (κ1) is 9.25. The van der Waals surface area contributed by atoms with E-state index in [4.69, 9.17) is 5.73 Å². The molecule has 0 unspecified atom stereocenters. The standard InChI is InChI=1S/C8H8N4O3/c1-15-7(14)4-3-10-12-5(4)2-6(13)11-8(12)9/h2-3,10H,1H3,(H2,9,11,13). The lowest BCUT2D eigenvalue weighted by atomic mass is 10.3. The lowest BCUT2D eigenvalue weighted by Crippen LogP contribution is -2.13. The van der Waals surface area contributed by atoms with Gasteiger partial charge in [-0.05, 0) is 0 Å². The molecule has 0 fully saturated rings. The number of aromatic nitrogens is 3. The molecule has 2 aromatic rings. The van der Waals surface area contributed by atoms with Gasteiger partial charge in [-0.3, -0.25) is 9.89 Å². The van der Waals surface area contributed by atoms with Gasteiger partial charge in [-0.1, -0.05) is 0 Å². The van der Waals surface area contributed by atoms with Crippen molar-refractivity contribution in [3.05, 3.63) is 28.2 Å². The summed E-state index contributed by atoms with van der Waals surface area (Å²) in [4.78, 5) is 25.9. The molecule has 7 nitrogen and oxygen atoms in total. The Labute approximate surface area is 83.5 Å². The summed E-state index contributed by atoms with van der Waals surface area (Å²) in [5.41, 5.74) is 5.56. The first-order chi connectivity index (χ1) is 7.13. The highest BCUT2D eigenvalue weighted by Crippen LogP contribution is 2.11.